The summed E-state index contributed by atoms with van der Waals surface area (Å²) in [7, 11) is 0. The van der Waals surface area contributed by atoms with E-state index < -0.39 is 0 Å². The van der Waals surface area contributed by atoms with Crippen molar-refractivity contribution < 1.29 is 5.11 Å². The smallest absolute Gasteiger partial charge is 0.0626 e. The fourth-order valence-corrected chi connectivity index (χ4v) is 3.03. The zero-order valence-electron chi connectivity index (χ0n) is 11.0. The third-order valence-corrected chi connectivity index (χ3v) is 4.68. The Bertz CT molecular complexity index is 388. The van der Waals surface area contributed by atoms with E-state index in [0.29, 0.717) is 6.04 Å². The number of halogens is 1. The molecule has 1 aliphatic rings. The Hall–Kier alpha value is -0.380. The molecule has 1 unspecified atom stereocenters. The Labute approximate surface area is 118 Å². The van der Waals surface area contributed by atoms with Crippen molar-refractivity contribution in [2.45, 2.75) is 51.1 Å². The molecule has 2 nitrogen and oxygen atoms in total. The van der Waals surface area contributed by atoms with E-state index in [1.54, 1.807) is 0 Å². The number of aliphatic hydroxyl groups is 1. The first-order valence-electron chi connectivity index (χ1n) is 6.83. The van der Waals surface area contributed by atoms with Crippen LogP contribution in [0.2, 0.25) is 0 Å². The van der Waals surface area contributed by atoms with Crippen LogP contribution in [-0.2, 0) is 0 Å². The third kappa shape index (κ3) is 3.56. The number of nitrogens with one attached hydrogen (secondary N) is 1. The van der Waals surface area contributed by atoms with Gasteiger partial charge in [0.1, 0.15) is 0 Å². The molecule has 1 fully saturated rings. The molecule has 0 bridgehead atoms. The summed E-state index contributed by atoms with van der Waals surface area (Å²) in [6, 6.07) is 6.95. The van der Waals surface area contributed by atoms with Crippen LogP contribution in [0.4, 0.5) is 0 Å². The molecule has 0 aromatic heterocycles. The van der Waals surface area contributed by atoms with E-state index in [2.05, 4.69) is 46.4 Å². The van der Waals surface area contributed by atoms with E-state index in [1.807, 2.05) is 0 Å². The van der Waals surface area contributed by atoms with Crippen molar-refractivity contribution >= 4 is 15.9 Å². The van der Waals surface area contributed by atoms with Crippen molar-refractivity contribution in [3.05, 3.63) is 33.8 Å². The van der Waals surface area contributed by atoms with Gasteiger partial charge in [0.25, 0.3) is 0 Å². The molecule has 1 aliphatic carbocycles. The summed E-state index contributed by atoms with van der Waals surface area (Å²) in [5, 5.41) is 13.2. The molecular formula is C15H22BrNO. The highest BCUT2D eigenvalue weighted by atomic mass is 79.9. The van der Waals surface area contributed by atoms with Gasteiger partial charge in [0.05, 0.1) is 12.6 Å². The molecule has 1 aromatic carbocycles. The predicted molar refractivity (Wildman–Crippen MR) is 78.7 cm³/mol. The van der Waals surface area contributed by atoms with Crippen LogP contribution in [0.15, 0.2) is 22.7 Å². The van der Waals surface area contributed by atoms with Gasteiger partial charge in [-0.2, -0.15) is 0 Å². The van der Waals surface area contributed by atoms with E-state index in [0.717, 1.165) is 4.47 Å². The monoisotopic (exact) mass is 311 g/mol. The molecule has 1 atom stereocenters. The van der Waals surface area contributed by atoms with Crippen LogP contribution in [0.3, 0.4) is 0 Å². The van der Waals surface area contributed by atoms with Crippen LogP contribution in [0, 0.1) is 6.92 Å². The van der Waals surface area contributed by atoms with E-state index >= 15 is 0 Å². The van der Waals surface area contributed by atoms with Gasteiger partial charge < -0.3 is 10.4 Å². The van der Waals surface area contributed by atoms with Gasteiger partial charge in [-0.1, -0.05) is 47.3 Å². The Morgan fingerprint density at radius 3 is 2.67 bits per heavy atom. The minimum absolute atomic E-state index is 0.0602. The van der Waals surface area contributed by atoms with Crippen molar-refractivity contribution in [1.29, 1.82) is 0 Å². The zero-order valence-corrected chi connectivity index (χ0v) is 12.5. The highest BCUT2D eigenvalue weighted by molar-refractivity contribution is 9.10. The molecule has 2 rings (SSSR count). The van der Waals surface area contributed by atoms with Gasteiger partial charge >= 0.3 is 0 Å². The van der Waals surface area contributed by atoms with E-state index in [1.165, 1.54) is 43.2 Å². The van der Waals surface area contributed by atoms with E-state index in [4.69, 9.17) is 0 Å². The van der Waals surface area contributed by atoms with Crippen molar-refractivity contribution in [2.75, 3.05) is 6.61 Å². The highest BCUT2D eigenvalue weighted by Gasteiger charge is 2.18. The lowest BCUT2D eigenvalue weighted by Gasteiger charge is -2.28. The first-order valence-corrected chi connectivity index (χ1v) is 7.63. The van der Waals surface area contributed by atoms with Crippen LogP contribution in [0.1, 0.15) is 49.3 Å². The Balaban J connectivity index is 2.04. The van der Waals surface area contributed by atoms with Gasteiger partial charge in [0, 0.05) is 10.5 Å². The summed E-state index contributed by atoms with van der Waals surface area (Å²) in [4.78, 5) is 0. The summed E-state index contributed by atoms with van der Waals surface area (Å²) < 4.78 is 1.11. The number of hydrogen-bond donors (Lipinski definition) is 2. The van der Waals surface area contributed by atoms with Crippen LogP contribution in [0.25, 0.3) is 0 Å². The molecule has 3 heteroatoms. The molecule has 100 valence electrons. The first-order chi connectivity index (χ1) is 8.70. The SMILES string of the molecule is Cc1ccc(C(CO)NC2CCCCC2)cc1Br. The van der Waals surface area contributed by atoms with Gasteiger partial charge in [-0.3, -0.25) is 0 Å². The van der Waals surface area contributed by atoms with Crippen LogP contribution in [-0.4, -0.2) is 17.8 Å². The number of benzene rings is 1. The Morgan fingerprint density at radius 2 is 2.06 bits per heavy atom. The fraction of sp³-hybridized carbons (Fsp3) is 0.600. The van der Waals surface area contributed by atoms with Gasteiger partial charge in [0.2, 0.25) is 0 Å². The second-order valence-electron chi connectivity index (χ2n) is 5.25. The van der Waals surface area contributed by atoms with Crippen molar-refractivity contribution in [3.63, 3.8) is 0 Å². The summed E-state index contributed by atoms with van der Waals surface area (Å²) >= 11 is 3.56. The predicted octanol–water partition coefficient (Wildman–Crippen LogP) is 3.71. The Kier molecular flexibility index (Phi) is 5.22. The van der Waals surface area contributed by atoms with E-state index in [-0.39, 0.29) is 12.6 Å². The summed E-state index contributed by atoms with van der Waals surface area (Å²) in [6.45, 7) is 2.24. The van der Waals surface area contributed by atoms with Crippen molar-refractivity contribution in [2.24, 2.45) is 0 Å². The number of hydrogen-bond acceptors (Lipinski definition) is 2. The number of aryl methyl sites for hydroxylation is 1. The zero-order chi connectivity index (χ0) is 13.0. The van der Waals surface area contributed by atoms with Crippen LogP contribution >= 0.6 is 15.9 Å². The van der Waals surface area contributed by atoms with E-state index in [9.17, 15) is 5.11 Å². The molecule has 1 aromatic rings. The lowest BCUT2D eigenvalue weighted by Crippen LogP contribution is -2.36. The van der Waals surface area contributed by atoms with Crippen molar-refractivity contribution in [3.8, 4) is 0 Å². The molecule has 0 radical (unpaired) electrons. The van der Waals surface area contributed by atoms with Gasteiger partial charge in [0.15, 0.2) is 0 Å². The second-order valence-corrected chi connectivity index (χ2v) is 6.10. The second kappa shape index (κ2) is 6.69. The maximum absolute atomic E-state index is 9.59. The average Bonchev–Trinajstić information content (AvgIpc) is 2.40. The van der Waals surface area contributed by atoms with Gasteiger partial charge in [-0.25, -0.2) is 0 Å². The maximum atomic E-state index is 9.59. The molecule has 2 N–H and O–H groups in total. The molecule has 0 aliphatic heterocycles. The molecule has 18 heavy (non-hydrogen) atoms. The molecule has 1 saturated carbocycles. The largest absolute Gasteiger partial charge is 0.394 e. The quantitative estimate of drug-likeness (QED) is 0.888. The number of aliphatic hydroxyl groups excluding tert-OH is 1. The lowest BCUT2D eigenvalue weighted by atomic mass is 9.94. The summed E-state index contributed by atoms with van der Waals surface area (Å²) in [5.74, 6) is 0. The van der Waals surface area contributed by atoms with Gasteiger partial charge in [-0.15, -0.1) is 0 Å². The van der Waals surface area contributed by atoms with Crippen LogP contribution < -0.4 is 5.32 Å². The van der Waals surface area contributed by atoms with Crippen molar-refractivity contribution in [1.82, 2.24) is 5.32 Å². The minimum Gasteiger partial charge on any atom is -0.394 e. The average molecular weight is 312 g/mol. The first kappa shape index (κ1) is 14.0. The molecule has 0 heterocycles. The topological polar surface area (TPSA) is 32.3 Å². The Morgan fingerprint density at radius 1 is 1.33 bits per heavy atom. The molecular weight excluding hydrogens is 290 g/mol. The third-order valence-electron chi connectivity index (χ3n) is 3.82. The molecule has 0 spiro atoms. The van der Waals surface area contributed by atoms with Gasteiger partial charge in [-0.05, 0) is 37.0 Å². The lowest BCUT2D eigenvalue weighted by molar-refractivity contribution is 0.220. The highest BCUT2D eigenvalue weighted by Crippen LogP contribution is 2.24. The fourth-order valence-electron chi connectivity index (χ4n) is 2.63. The normalized spacial score (nSPS) is 18.8. The summed E-state index contributed by atoms with van der Waals surface area (Å²) in [5.41, 5.74) is 2.40. The maximum Gasteiger partial charge on any atom is 0.0626 e. The minimum atomic E-state index is 0.0602. The molecule has 0 amide bonds. The number of rotatable bonds is 4. The standard InChI is InChI=1S/C15H22BrNO/c1-11-7-8-12(9-14(11)16)15(10-18)17-13-5-3-2-4-6-13/h7-9,13,15,17-18H,2-6,10H2,1H3. The van der Waals surface area contributed by atoms with Crippen LogP contribution in [0.5, 0.6) is 0 Å². The summed E-state index contributed by atoms with van der Waals surface area (Å²) in [6.07, 6.45) is 6.46. The molecule has 0 saturated heterocycles.